The van der Waals surface area contributed by atoms with E-state index in [1.807, 2.05) is 62.4 Å². The van der Waals surface area contributed by atoms with Crippen LogP contribution in [0.15, 0.2) is 53.1 Å². The summed E-state index contributed by atoms with van der Waals surface area (Å²) in [4.78, 5) is 24.5. The number of amides is 1. The number of aryl methyl sites for hydroxylation is 2. The first-order valence-corrected chi connectivity index (χ1v) is 11.9. The number of carbonyl (C=O) groups is 1. The van der Waals surface area contributed by atoms with Gasteiger partial charge in [0.15, 0.2) is 0 Å². The maximum atomic E-state index is 12.7. The fourth-order valence-corrected chi connectivity index (χ4v) is 4.44. The first kappa shape index (κ1) is 22.1. The number of nitrogens with zero attached hydrogens (tertiary/aromatic N) is 4. The SMILES string of the molecule is Cc1cccc(NC(=O)CCc2nc(N3CCCCC3)c3c(-c4ccccc4)noc3n2)c1C. The van der Waals surface area contributed by atoms with Gasteiger partial charge in [-0.2, -0.15) is 4.98 Å². The summed E-state index contributed by atoms with van der Waals surface area (Å²) in [6, 6.07) is 15.9. The standard InChI is InChI=1S/C27H29N5O2/c1-18-10-9-13-21(19(18)2)28-23(33)15-14-22-29-26(32-16-7-4-8-17-32)24-25(31-34-27(24)30-22)20-11-5-3-6-12-20/h3,5-6,9-13H,4,7-8,14-17H2,1-2H3,(H,28,33). The van der Waals surface area contributed by atoms with Gasteiger partial charge in [-0.3, -0.25) is 4.79 Å². The minimum absolute atomic E-state index is 0.0561. The van der Waals surface area contributed by atoms with Crippen molar-refractivity contribution in [3.63, 3.8) is 0 Å². The van der Waals surface area contributed by atoms with Crippen molar-refractivity contribution >= 4 is 28.5 Å². The lowest BCUT2D eigenvalue weighted by molar-refractivity contribution is -0.116. The topological polar surface area (TPSA) is 84.2 Å². The van der Waals surface area contributed by atoms with Crippen LogP contribution in [-0.2, 0) is 11.2 Å². The number of hydrogen-bond donors (Lipinski definition) is 1. The van der Waals surface area contributed by atoms with Crippen molar-refractivity contribution in [3.8, 4) is 11.3 Å². The first-order chi connectivity index (χ1) is 16.6. The van der Waals surface area contributed by atoms with Gasteiger partial charge in [-0.25, -0.2) is 4.98 Å². The Labute approximate surface area is 199 Å². The van der Waals surface area contributed by atoms with E-state index < -0.39 is 0 Å². The van der Waals surface area contributed by atoms with Crippen molar-refractivity contribution in [2.45, 2.75) is 46.0 Å². The fraction of sp³-hybridized carbons (Fsp3) is 0.333. The molecular weight excluding hydrogens is 426 g/mol. The molecule has 1 N–H and O–H groups in total. The fourth-order valence-electron chi connectivity index (χ4n) is 4.44. The Morgan fingerprint density at radius 2 is 1.79 bits per heavy atom. The number of rotatable bonds is 6. The lowest BCUT2D eigenvalue weighted by atomic mass is 10.1. The van der Waals surface area contributed by atoms with Gasteiger partial charge in [0.05, 0.1) is 0 Å². The van der Waals surface area contributed by atoms with Crippen molar-refractivity contribution in [3.05, 3.63) is 65.5 Å². The van der Waals surface area contributed by atoms with Crippen molar-refractivity contribution in [1.29, 1.82) is 0 Å². The summed E-state index contributed by atoms with van der Waals surface area (Å²) in [6.45, 7) is 5.94. The van der Waals surface area contributed by atoms with Gasteiger partial charge in [-0.1, -0.05) is 47.6 Å². The van der Waals surface area contributed by atoms with E-state index in [0.29, 0.717) is 18.0 Å². The molecule has 1 aliphatic heterocycles. The van der Waals surface area contributed by atoms with Crippen LogP contribution in [0, 0.1) is 13.8 Å². The third-order valence-electron chi connectivity index (χ3n) is 6.52. The lowest BCUT2D eigenvalue weighted by Gasteiger charge is -2.28. The number of hydrogen-bond acceptors (Lipinski definition) is 6. The van der Waals surface area contributed by atoms with Crippen LogP contribution in [0.5, 0.6) is 0 Å². The maximum Gasteiger partial charge on any atom is 0.263 e. The number of benzene rings is 2. The zero-order valence-corrected chi connectivity index (χ0v) is 19.7. The largest absolute Gasteiger partial charge is 0.356 e. The van der Waals surface area contributed by atoms with E-state index in [9.17, 15) is 4.79 Å². The van der Waals surface area contributed by atoms with Crippen LogP contribution in [0.1, 0.15) is 42.6 Å². The van der Waals surface area contributed by atoms with E-state index in [2.05, 4.69) is 20.4 Å². The molecule has 1 aliphatic rings. The predicted octanol–water partition coefficient (Wildman–Crippen LogP) is 5.46. The van der Waals surface area contributed by atoms with Crippen LogP contribution in [0.2, 0.25) is 0 Å². The molecule has 0 saturated carbocycles. The van der Waals surface area contributed by atoms with Crippen molar-refractivity contribution in [2.75, 3.05) is 23.3 Å². The minimum atomic E-state index is -0.0561. The molecule has 0 radical (unpaired) electrons. The van der Waals surface area contributed by atoms with Gasteiger partial charge >= 0.3 is 0 Å². The molecule has 0 atom stereocenters. The highest BCUT2D eigenvalue weighted by Gasteiger charge is 2.24. The summed E-state index contributed by atoms with van der Waals surface area (Å²) >= 11 is 0. The van der Waals surface area contributed by atoms with Crippen LogP contribution in [0.3, 0.4) is 0 Å². The molecule has 7 heteroatoms. The number of nitrogens with one attached hydrogen (secondary N) is 1. The third-order valence-corrected chi connectivity index (χ3v) is 6.52. The highest BCUT2D eigenvalue weighted by Crippen LogP contribution is 2.34. The molecule has 0 unspecified atom stereocenters. The highest BCUT2D eigenvalue weighted by molar-refractivity contribution is 5.98. The van der Waals surface area contributed by atoms with Gasteiger partial charge < -0.3 is 14.7 Å². The van der Waals surface area contributed by atoms with Gasteiger partial charge in [0, 0.05) is 37.2 Å². The second-order valence-electron chi connectivity index (χ2n) is 8.88. The van der Waals surface area contributed by atoms with E-state index >= 15 is 0 Å². The van der Waals surface area contributed by atoms with Crippen LogP contribution >= 0.6 is 0 Å². The monoisotopic (exact) mass is 455 g/mol. The van der Waals surface area contributed by atoms with Crippen LogP contribution < -0.4 is 10.2 Å². The quantitative estimate of drug-likeness (QED) is 0.415. The maximum absolute atomic E-state index is 12.7. The summed E-state index contributed by atoms with van der Waals surface area (Å²) < 4.78 is 5.68. The molecular formula is C27H29N5O2. The van der Waals surface area contributed by atoms with Gasteiger partial charge in [-0.05, 0) is 50.3 Å². The van der Waals surface area contributed by atoms with E-state index in [4.69, 9.17) is 9.51 Å². The van der Waals surface area contributed by atoms with Gasteiger partial charge in [-0.15, -0.1) is 0 Å². The van der Waals surface area contributed by atoms with Crippen molar-refractivity contribution < 1.29 is 9.32 Å². The Morgan fingerprint density at radius 3 is 2.59 bits per heavy atom. The second kappa shape index (κ2) is 9.63. The summed E-state index contributed by atoms with van der Waals surface area (Å²) in [5.41, 5.74) is 5.28. The van der Waals surface area contributed by atoms with Gasteiger partial charge in [0.1, 0.15) is 22.7 Å². The molecule has 0 spiro atoms. The molecule has 34 heavy (non-hydrogen) atoms. The smallest absolute Gasteiger partial charge is 0.263 e. The molecule has 3 heterocycles. The molecule has 0 bridgehead atoms. The normalized spacial score (nSPS) is 13.9. The van der Waals surface area contributed by atoms with Gasteiger partial charge in [0.2, 0.25) is 5.91 Å². The molecule has 1 fully saturated rings. The lowest BCUT2D eigenvalue weighted by Crippen LogP contribution is -2.30. The molecule has 2 aromatic heterocycles. The predicted molar refractivity (Wildman–Crippen MR) is 134 cm³/mol. The number of piperidine rings is 1. The second-order valence-corrected chi connectivity index (χ2v) is 8.88. The molecule has 5 rings (SSSR count). The summed E-state index contributed by atoms with van der Waals surface area (Å²) in [5, 5.41) is 8.21. The zero-order chi connectivity index (χ0) is 23.5. The Hall–Kier alpha value is -3.74. The average molecular weight is 456 g/mol. The molecule has 1 saturated heterocycles. The molecule has 1 amide bonds. The first-order valence-electron chi connectivity index (χ1n) is 11.9. The third kappa shape index (κ3) is 4.51. The summed E-state index contributed by atoms with van der Waals surface area (Å²) in [6.07, 6.45) is 4.20. The minimum Gasteiger partial charge on any atom is -0.356 e. The summed E-state index contributed by atoms with van der Waals surface area (Å²) in [5.74, 6) is 1.40. The Balaban J connectivity index is 1.43. The van der Waals surface area contributed by atoms with Gasteiger partial charge in [0.25, 0.3) is 5.71 Å². The molecule has 174 valence electrons. The van der Waals surface area contributed by atoms with Crippen LogP contribution in [0.25, 0.3) is 22.4 Å². The van der Waals surface area contributed by atoms with E-state index in [1.165, 1.54) is 6.42 Å². The average Bonchev–Trinajstić information content (AvgIpc) is 3.30. The van der Waals surface area contributed by atoms with Crippen molar-refractivity contribution in [2.24, 2.45) is 0 Å². The van der Waals surface area contributed by atoms with E-state index in [0.717, 1.165) is 65.2 Å². The Morgan fingerprint density at radius 1 is 1.00 bits per heavy atom. The molecule has 4 aromatic rings. The van der Waals surface area contributed by atoms with E-state index in [1.54, 1.807) is 0 Å². The molecule has 0 aliphatic carbocycles. The number of aromatic nitrogens is 3. The number of anilines is 2. The zero-order valence-electron chi connectivity index (χ0n) is 19.7. The van der Waals surface area contributed by atoms with Crippen LogP contribution in [-0.4, -0.2) is 34.1 Å². The molecule has 7 nitrogen and oxygen atoms in total. The number of fused-ring (bicyclic) bond motifs is 1. The molecule has 2 aromatic carbocycles. The Kier molecular flexibility index (Phi) is 6.25. The summed E-state index contributed by atoms with van der Waals surface area (Å²) in [7, 11) is 0. The van der Waals surface area contributed by atoms with Crippen molar-refractivity contribution in [1.82, 2.24) is 15.1 Å². The number of carbonyl (C=O) groups excluding carboxylic acids is 1. The van der Waals surface area contributed by atoms with E-state index in [-0.39, 0.29) is 12.3 Å². The highest BCUT2D eigenvalue weighted by atomic mass is 16.5. The van der Waals surface area contributed by atoms with Crippen LogP contribution in [0.4, 0.5) is 11.5 Å². The Bertz CT molecular complexity index is 1310.